The van der Waals surface area contributed by atoms with Gasteiger partial charge in [-0.2, -0.15) is 0 Å². The summed E-state index contributed by atoms with van der Waals surface area (Å²) in [6, 6.07) is 3.69. The monoisotopic (exact) mass is 245 g/mol. The van der Waals surface area contributed by atoms with Crippen LogP contribution in [-0.2, 0) is 9.09 Å². The van der Waals surface area contributed by atoms with Crippen LogP contribution in [-0.4, -0.2) is 16.4 Å². The Bertz CT molecular complexity index is 459. The van der Waals surface area contributed by atoms with Gasteiger partial charge in [-0.25, -0.2) is 0 Å². The Hall–Kier alpha value is -1.23. The number of hydrogen-bond acceptors (Lipinski definition) is 4. The first-order chi connectivity index (χ1) is 7.38. The largest absolute Gasteiger partial charge is 0.359 e. The first kappa shape index (κ1) is 12.8. The second-order valence-corrected chi connectivity index (χ2v) is 4.95. The second-order valence-electron chi connectivity index (χ2n) is 3.17. The molecule has 6 nitrogen and oxygen atoms in total. The van der Waals surface area contributed by atoms with Crippen molar-refractivity contribution in [2.45, 2.75) is 13.8 Å². The first-order valence-electron chi connectivity index (χ1n) is 4.61. The Labute approximate surface area is 92.5 Å². The van der Waals surface area contributed by atoms with Gasteiger partial charge < -0.3 is 9.42 Å². The van der Waals surface area contributed by atoms with E-state index >= 15 is 0 Å². The van der Waals surface area contributed by atoms with E-state index in [2.05, 4.69) is 0 Å². The van der Waals surface area contributed by atoms with Crippen LogP contribution < -0.4 is 5.30 Å². The molecule has 7 heteroatoms. The van der Waals surface area contributed by atoms with Gasteiger partial charge in [-0.3, -0.25) is 14.7 Å². The summed E-state index contributed by atoms with van der Waals surface area (Å²) >= 11 is 0. The van der Waals surface area contributed by atoms with Crippen molar-refractivity contribution in [3.05, 3.63) is 33.9 Å². The molecule has 0 aliphatic heterocycles. The van der Waals surface area contributed by atoms with Crippen LogP contribution in [0.1, 0.15) is 12.5 Å². The molecule has 1 N–H and O–H groups in total. The Balaban J connectivity index is 3.18. The maximum Gasteiger partial charge on any atom is 0.359 e. The van der Waals surface area contributed by atoms with Crippen molar-refractivity contribution in [1.29, 1.82) is 0 Å². The third-order valence-electron chi connectivity index (χ3n) is 2.00. The molecule has 1 atom stereocenters. The third kappa shape index (κ3) is 2.66. The molecule has 0 aliphatic rings. The summed E-state index contributed by atoms with van der Waals surface area (Å²) in [5.74, 6) is 0. The fourth-order valence-electron chi connectivity index (χ4n) is 1.31. The van der Waals surface area contributed by atoms with Crippen LogP contribution in [0, 0.1) is 17.0 Å². The average molecular weight is 245 g/mol. The zero-order valence-electron chi connectivity index (χ0n) is 8.91. The normalized spacial score (nSPS) is 14.4. The van der Waals surface area contributed by atoms with Crippen molar-refractivity contribution in [2.24, 2.45) is 0 Å². The quantitative estimate of drug-likeness (QED) is 0.495. The molecule has 0 radical (unpaired) electrons. The van der Waals surface area contributed by atoms with Gasteiger partial charge in [0.05, 0.1) is 16.8 Å². The number of non-ortho nitro benzene ring substituents is 1. The average Bonchev–Trinajstić information content (AvgIpc) is 2.16. The number of rotatable bonds is 4. The van der Waals surface area contributed by atoms with E-state index in [0.717, 1.165) is 0 Å². The predicted molar refractivity (Wildman–Crippen MR) is 58.9 cm³/mol. The zero-order chi connectivity index (χ0) is 12.3. The van der Waals surface area contributed by atoms with Crippen LogP contribution in [0.5, 0.6) is 0 Å². The molecule has 1 unspecified atom stereocenters. The van der Waals surface area contributed by atoms with Crippen LogP contribution in [0.4, 0.5) is 5.69 Å². The predicted octanol–water partition coefficient (Wildman–Crippen LogP) is 1.75. The molecule has 0 saturated carbocycles. The first-order valence-corrected chi connectivity index (χ1v) is 6.19. The molecule has 0 aliphatic carbocycles. The summed E-state index contributed by atoms with van der Waals surface area (Å²) in [6.45, 7) is 3.23. The van der Waals surface area contributed by atoms with E-state index in [1.165, 1.54) is 25.1 Å². The number of nitrogens with zero attached hydrogens (tertiary/aromatic N) is 1. The molecule has 16 heavy (non-hydrogen) atoms. The van der Waals surface area contributed by atoms with Gasteiger partial charge in [0.1, 0.15) is 0 Å². The van der Waals surface area contributed by atoms with E-state index in [9.17, 15) is 19.6 Å². The fourth-order valence-corrected chi connectivity index (χ4v) is 2.58. The van der Waals surface area contributed by atoms with Crippen molar-refractivity contribution in [3.63, 3.8) is 0 Å². The Morgan fingerprint density at radius 1 is 1.56 bits per heavy atom. The molecular weight excluding hydrogens is 233 g/mol. The molecule has 0 fully saturated rings. The SMILES string of the molecule is CCOP(=O)(O)c1ccc([N+](=O)[O-])cc1C. The standard InChI is InChI=1S/C9H12NO5P/c1-3-15-16(13,14)9-5-4-8(10(11)12)6-7(9)2/h4-6H,3H2,1-2H3,(H,13,14). The maximum absolute atomic E-state index is 11.7. The number of aryl methyl sites for hydroxylation is 1. The maximum atomic E-state index is 11.7. The number of benzene rings is 1. The summed E-state index contributed by atoms with van der Waals surface area (Å²) in [4.78, 5) is 19.5. The van der Waals surface area contributed by atoms with Gasteiger partial charge in [-0.05, 0) is 25.5 Å². The highest BCUT2D eigenvalue weighted by Gasteiger charge is 2.25. The molecular formula is C9H12NO5P. The lowest BCUT2D eigenvalue weighted by Crippen LogP contribution is -2.11. The second kappa shape index (κ2) is 4.74. The lowest BCUT2D eigenvalue weighted by atomic mass is 10.2. The Morgan fingerprint density at radius 3 is 2.62 bits per heavy atom. The minimum atomic E-state index is -3.86. The molecule has 1 aromatic rings. The van der Waals surface area contributed by atoms with E-state index in [0.29, 0.717) is 5.56 Å². The molecule has 0 aromatic heterocycles. The van der Waals surface area contributed by atoms with Crippen molar-refractivity contribution in [1.82, 2.24) is 0 Å². The lowest BCUT2D eigenvalue weighted by molar-refractivity contribution is -0.384. The van der Waals surface area contributed by atoms with Crippen molar-refractivity contribution in [3.8, 4) is 0 Å². The summed E-state index contributed by atoms with van der Waals surface area (Å²) in [5.41, 5.74) is 0.256. The molecule has 1 rings (SSSR count). The molecule has 0 saturated heterocycles. The van der Waals surface area contributed by atoms with Gasteiger partial charge in [0, 0.05) is 12.1 Å². The highest BCUT2D eigenvalue weighted by molar-refractivity contribution is 7.61. The minimum absolute atomic E-state index is 0.0972. The van der Waals surface area contributed by atoms with E-state index in [1.54, 1.807) is 6.92 Å². The van der Waals surface area contributed by atoms with Gasteiger partial charge in [-0.1, -0.05) is 0 Å². The Kier molecular flexibility index (Phi) is 3.80. The summed E-state index contributed by atoms with van der Waals surface area (Å²) in [6.07, 6.45) is 0. The van der Waals surface area contributed by atoms with Crippen LogP contribution >= 0.6 is 7.60 Å². The zero-order valence-corrected chi connectivity index (χ0v) is 9.81. The molecule has 0 bridgehead atoms. The van der Waals surface area contributed by atoms with Gasteiger partial charge in [0.2, 0.25) is 0 Å². The summed E-state index contributed by atoms with van der Waals surface area (Å²) in [5, 5.41) is 10.6. The van der Waals surface area contributed by atoms with Gasteiger partial charge in [-0.15, -0.1) is 0 Å². The summed E-state index contributed by atoms with van der Waals surface area (Å²) in [7, 11) is -3.86. The smallest absolute Gasteiger partial charge is 0.321 e. The van der Waals surface area contributed by atoms with Crippen LogP contribution in [0.3, 0.4) is 0 Å². The van der Waals surface area contributed by atoms with Gasteiger partial charge in [0.15, 0.2) is 0 Å². The molecule has 0 spiro atoms. The van der Waals surface area contributed by atoms with Gasteiger partial charge in [0.25, 0.3) is 5.69 Å². The molecule has 1 aromatic carbocycles. The van der Waals surface area contributed by atoms with Crippen LogP contribution in [0.15, 0.2) is 18.2 Å². The van der Waals surface area contributed by atoms with Crippen molar-refractivity contribution in [2.75, 3.05) is 6.61 Å². The Morgan fingerprint density at radius 2 is 2.19 bits per heavy atom. The highest BCUT2D eigenvalue weighted by atomic mass is 31.2. The van der Waals surface area contributed by atoms with Crippen molar-refractivity contribution < 1.29 is 18.9 Å². The molecule has 0 heterocycles. The van der Waals surface area contributed by atoms with E-state index in [1.807, 2.05) is 0 Å². The lowest BCUT2D eigenvalue weighted by Gasteiger charge is -2.12. The molecule has 0 amide bonds. The van der Waals surface area contributed by atoms with Crippen LogP contribution in [0.25, 0.3) is 0 Å². The van der Waals surface area contributed by atoms with Crippen molar-refractivity contribution >= 4 is 18.6 Å². The van der Waals surface area contributed by atoms with Crippen LogP contribution in [0.2, 0.25) is 0 Å². The third-order valence-corrected chi connectivity index (χ3v) is 3.72. The molecule has 88 valence electrons. The van der Waals surface area contributed by atoms with E-state index in [4.69, 9.17) is 4.52 Å². The topological polar surface area (TPSA) is 89.7 Å². The fraction of sp³-hybridized carbons (Fsp3) is 0.333. The number of nitro groups is 1. The number of nitro benzene ring substituents is 1. The van der Waals surface area contributed by atoms with E-state index in [-0.39, 0.29) is 17.6 Å². The summed E-state index contributed by atoms with van der Waals surface area (Å²) < 4.78 is 16.4. The van der Waals surface area contributed by atoms with Gasteiger partial charge >= 0.3 is 7.60 Å². The number of hydrogen-bond donors (Lipinski definition) is 1. The minimum Gasteiger partial charge on any atom is -0.321 e. The highest BCUT2D eigenvalue weighted by Crippen LogP contribution is 2.41. The van der Waals surface area contributed by atoms with E-state index < -0.39 is 12.5 Å².